The summed E-state index contributed by atoms with van der Waals surface area (Å²) in [5, 5.41) is 4.16. The van der Waals surface area contributed by atoms with E-state index >= 15 is 0 Å². The molecular weight excluding hydrogens is 218 g/mol. The summed E-state index contributed by atoms with van der Waals surface area (Å²) in [6.45, 7) is 1.81. The van der Waals surface area contributed by atoms with Crippen LogP contribution in [-0.4, -0.2) is 24.6 Å². The molecule has 0 saturated carbocycles. The minimum Gasteiger partial charge on any atom is -0.328 e. The van der Waals surface area contributed by atoms with Gasteiger partial charge in [-0.25, -0.2) is 0 Å². The molecule has 0 bridgehead atoms. The van der Waals surface area contributed by atoms with Gasteiger partial charge in [0.2, 0.25) is 5.78 Å². The highest BCUT2D eigenvalue weighted by atomic mass is 16.1. The van der Waals surface area contributed by atoms with Crippen LogP contribution in [0.25, 0.3) is 17.2 Å². The predicted molar refractivity (Wildman–Crippen MR) is 61.6 cm³/mol. The van der Waals surface area contributed by atoms with Crippen molar-refractivity contribution in [3.63, 3.8) is 0 Å². The van der Waals surface area contributed by atoms with E-state index in [1.807, 2.05) is 6.92 Å². The minimum absolute atomic E-state index is 0.191. The molecule has 0 atom stereocenters. The van der Waals surface area contributed by atoms with E-state index in [2.05, 4.69) is 20.1 Å². The molecule has 0 unspecified atom stereocenters. The van der Waals surface area contributed by atoms with Crippen LogP contribution in [0.3, 0.4) is 0 Å². The Labute approximate surface area is 96.0 Å². The molecule has 0 aliphatic rings. The van der Waals surface area contributed by atoms with Gasteiger partial charge in [0.25, 0.3) is 5.56 Å². The van der Waals surface area contributed by atoms with Crippen molar-refractivity contribution in [2.75, 3.05) is 0 Å². The van der Waals surface area contributed by atoms with E-state index in [1.165, 1.54) is 10.6 Å². The Kier molecular flexibility index (Phi) is 2.01. The normalized spacial score (nSPS) is 10.9. The molecule has 0 aromatic carbocycles. The smallest absolute Gasteiger partial charge is 0.275 e. The lowest BCUT2D eigenvalue weighted by Crippen LogP contribution is -2.14. The number of H-pyrrole nitrogens is 1. The Hall–Kier alpha value is -2.50. The molecule has 3 aromatic rings. The third-order valence-corrected chi connectivity index (χ3v) is 2.40. The van der Waals surface area contributed by atoms with Gasteiger partial charge >= 0.3 is 0 Å². The summed E-state index contributed by atoms with van der Waals surface area (Å²) in [4.78, 5) is 22.9. The number of nitrogens with one attached hydrogen (secondary N) is 1. The Morgan fingerprint density at radius 1 is 1.29 bits per heavy atom. The molecule has 0 amide bonds. The van der Waals surface area contributed by atoms with E-state index in [1.54, 1.807) is 24.5 Å². The quantitative estimate of drug-likeness (QED) is 0.666. The molecule has 0 saturated heterocycles. The SMILES string of the molecule is Cc1cc(=O)n2nc(-c3ccncc3)nc2[nH]1. The molecule has 0 fully saturated rings. The predicted octanol–water partition coefficient (Wildman–Crippen LogP) is 0.788. The maximum Gasteiger partial charge on any atom is 0.275 e. The minimum atomic E-state index is -0.191. The molecule has 6 nitrogen and oxygen atoms in total. The highest BCUT2D eigenvalue weighted by molar-refractivity contribution is 5.55. The van der Waals surface area contributed by atoms with Crippen LogP contribution in [0.5, 0.6) is 0 Å². The maximum atomic E-state index is 11.7. The van der Waals surface area contributed by atoms with Crippen LogP contribution >= 0.6 is 0 Å². The lowest BCUT2D eigenvalue weighted by Gasteiger charge is -1.91. The fourth-order valence-electron chi connectivity index (χ4n) is 1.63. The largest absolute Gasteiger partial charge is 0.328 e. The molecule has 17 heavy (non-hydrogen) atoms. The number of aryl methyl sites for hydroxylation is 1. The number of nitrogens with zero attached hydrogens (tertiary/aromatic N) is 4. The van der Waals surface area contributed by atoms with Gasteiger partial charge in [0.05, 0.1) is 0 Å². The fraction of sp³-hybridized carbons (Fsp3) is 0.0909. The third-order valence-electron chi connectivity index (χ3n) is 2.40. The first-order valence-corrected chi connectivity index (χ1v) is 5.11. The lowest BCUT2D eigenvalue weighted by molar-refractivity contribution is 0.892. The highest BCUT2D eigenvalue weighted by Gasteiger charge is 2.08. The molecule has 84 valence electrons. The van der Waals surface area contributed by atoms with Crippen molar-refractivity contribution in [3.8, 4) is 11.4 Å². The van der Waals surface area contributed by atoms with E-state index < -0.39 is 0 Å². The monoisotopic (exact) mass is 227 g/mol. The summed E-state index contributed by atoms with van der Waals surface area (Å²) < 4.78 is 1.25. The molecule has 3 aromatic heterocycles. The number of hydrogen-bond acceptors (Lipinski definition) is 4. The molecule has 0 aliphatic carbocycles. The molecule has 3 rings (SSSR count). The van der Waals surface area contributed by atoms with E-state index in [0.29, 0.717) is 11.6 Å². The highest BCUT2D eigenvalue weighted by Crippen LogP contribution is 2.12. The zero-order valence-corrected chi connectivity index (χ0v) is 9.08. The topological polar surface area (TPSA) is 75.9 Å². The first-order chi connectivity index (χ1) is 8.24. The van der Waals surface area contributed by atoms with Crippen LogP contribution in [0.15, 0.2) is 35.4 Å². The van der Waals surface area contributed by atoms with Gasteiger partial charge in [0, 0.05) is 29.7 Å². The number of pyridine rings is 1. The number of aromatic amines is 1. The number of fused-ring (bicyclic) bond motifs is 1. The van der Waals surface area contributed by atoms with Gasteiger partial charge < -0.3 is 4.98 Å². The van der Waals surface area contributed by atoms with Crippen molar-refractivity contribution < 1.29 is 0 Å². The summed E-state index contributed by atoms with van der Waals surface area (Å²) >= 11 is 0. The molecule has 6 heteroatoms. The van der Waals surface area contributed by atoms with Crippen LogP contribution in [0.4, 0.5) is 0 Å². The van der Waals surface area contributed by atoms with Gasteiger partial charge in [-0.2, -0.15) is 9.50 Å². The Bertz CT molecular complexity index is 728. The zero-order valence-electron chi connectivity index (χ0n) is 9.08. The van der Waals surface area contributed by atoms with Gasteiger partial charge in [-0.1, -0.05) is 0 Å². The lowest BCUT2D eigenvalue weighted by atomic mass is 10.3. The van der Waals surface area contributed by atoms with Gasteiger partial charge in [0.15, 0.2) is 5.82 Å². The van der Waals surface area contributed by atoms with E-state index in [-0.39, 0.29) is 5.56 Å². The third kappa shape index (κ3) is 1.59. The molecule has 1 N–H and O–H groups in total. The van der Waals surface area contributed by atoms with E-state index in [0.717, 1.165) is 11.3 Å². The average molecular weight is 227 g/mol. The summed E-state index contributed by atoms with van der Waals surface area (Å²) in [5.41, 5.74) is 1.40. The van der Waals surface area contributed by atoms with Gasteiger partial charge in [-0.3, -0.25) is 9.78 Å². The molecule has 0 radical (unpaired) electrons. The second kappa shape index (κ2) is 3.51. The second-order valence-electron chi connectivity index (χ2n) is 3.70. The maximum absolute atomic E-state index is 11.7. The summed E-state index contributed by atoms with van der Waals surface area (Å²) in [6.07, 6.45) is 3.32. The van der Waals surface area contributed by atoms with Crippen LogP contribution in [0.2, 0.25) is 0 Å². The van der Waals surface area contributed by atoms with Crippen molar-refractivity contribution in [2.45, 2.75) is 6.92 Å². The summed E-state index contributed by atoms with van der Waals surface area (Å²) in [5.74, 6) is 0.952. The Balaban J connectivity index is 2.28. The number of hydrogen-bond donors (Lipinski definition) is 1. The summed E-state index contributed by atoms with van der Waals surface area (Å²) in [7, 11) is 0. The second-order valence-corrected chi connectivity index (χ2v) is 3.70. The first kappa shape index (κ1) is 9.71. The molecular formula is C11H9N5O. The number of aromatic nitrogens is 5. The van der Waals surface area contributed by atoms with Crippen molar-refractivity contribution >= 4 is 5.78 Å². The van der Waals surface area contributed by atoms with Crippen LogP contribution in [0, 0.1) is 6.92 Å². The zero-order chi connectivity index (χ0) is 11.8. The number of rotatable bonds is 1. The molecule has 0 aliphatic heterocycles. The molecule has 0 spiro atoms. The van der Waals surface area contributed by atoms with Gasteiger partial charge in [-0.05, 0) is 19.1 Å². The Morgan fingerprint density at radius 3 is 2.82 bits per heavy atom. The van der Waals surface area contributed by atoms with E-state index in [9.17, 15) is 4.79 Å². The molecule has 3 heterocycles. The van der Waals surface area contributed by atoms with Gasteiger partial charge in [-0.15, -0.1) is 5.10 Å². The Morgan fingerprint density at radius 2 is 2.06 bits per heavy atom. The average Bonchev–Trinajstić information content (AvgIpc) is 2.74. The van der Waals surface area contributed by atoms with Crippen LogP contribution < -0.4 is 5.56 Å². The van der Waals surface area contributed by atoms with Crippen molar-refractivity contribution in [1.29, 1.82) is 0 Å². The summed E-state index contributed by atoms with van der Waals surface area (Å²) in [6, 6.07) is 5.08. The van der Waals surface area contributed by atoms with Crippen molar-refractivity contribution in [1.82, 2.24) is 24.6 Å². The van der Waals surface area contributed by atoms with Gasteiger partial charge in [0.1, 0.15) is 0 Å². The first-order valence-electron chi connectivity index (χ1n) is 5.11. The standard InChI is InChI=1S/C11H9N5O/c1-7-6-9(17)16-11(13-7)14-10(15-16)8-2-4-12-5-3-8/h2-6H,1H3,(H,13,14,15). The van der Waals surface area contributed by atoms with Crippen molar-refractivity contribution in [2.24, 2.45) is 0 Å². The van der Waals surface area contributed by atoms with E-state index in [4.69, 9.17) is 0 Å². The van der Waals surface area contributed by atoms with Crippen LogP contribution in [-0.2, 0) is 0 Å². The van der Waals surface area contributed by atoms with Crippen molar-refractivity contribution in [3.05, 3.63) is 46.6 Å². The fourth-order valence-corrected chi connectivity index (χ4v) is 1.63. The van der Waals surface area contributed by atoms with Crippen LogP contribution in [0.1, 0.15) is 5.69 Å².